The molecular formula is C13H15N3OS. The van der Waals surface area contributed by atoms with Crippen LogP contribution in [0.15, 0.2) is 42.1 Å². The van der Waals surface area contributed by atoms with E-state index in [4.69, 9.17) is 4.74 Å². The van der Waals surface area contributed by atoms with Crippen LogP contribution < -0.4 is 4.74 Å². The molecule has 4 nitrogen and oxygen atoms in total. The van der Waals surface area contributed by atoms with Gasteiger partial charge < -0.3 is 4.74 Å². The molecule has 0 N–H and O–H groups in total. The van der Waals surface area contributed by atoms with Crippen molar-refractivity contribution >= 4 is 11.8 Å². The van der Waals surface area contributed by atoms with Crippen LogP contribution in [0.4, 0.5) is 0 Å². The van der Waals surface area contributed by atoms with Gasteiger partial charge in [-0.1, -0.05) is 17.8 Å². The largest absolute Gasteiger partial charge is 0.497 e. The molecule has 94 valence electrons. The molecule has 1 heterocycles. The third kappa shape index (κ3) is 2.41. The molecule has 0 unspecified atom stereocenters. The molecule has 2 aromatic rings. The third-order valence-electron chi connectivity index (χ3n) is 2.56. The Morgan fingerprint density at radius 3 is 2.61 bits per heavy atom. The first-order valence-corrected chi connectivity index (χ1v) is 6.75. The van der Waals surface area contributed by atoms with E-state index in [0.29, 0.717) is 6.54 Å². The Balaban J connectivity index is 2.42. The summed E-state index contributed by atoms with van der Waals surface area (Å²) in [6.07, 6.45) is 3.83. The van der Waals surface area contributed by atoms with Crippen LogP contribution in [0.2, 0.25) is 0 Å². The van der Waals surface area contributed by atoms with E-state index >= 15 is 0 Å². The van der Waals surface area contributed by atoms with E-state index in [2.05, 4.69) is 16.8 Å². The maximum absolute atomic E-state index is 5.15. The standard InChI is InChI=1S/C13H15N3OS/c1-4-9-16-12(14-15-13(16)18-3)10-5-7-11(17-2)8-6-10/h4-8H,1,9H2,2-3H3. The molecular weight excluding hydrogens is 246 g/mol. The lowest BCUT2D eigenvalue weighted by Gasteiger charge is -2.07. The Hall–Kier alpha value is -1.75. The first kappa shape index (κ1) is 12.7. The average Bonchev–Trinajstić information content (AvgIpc) is 2.82. The van der Waals surface area contributed by atoms with Gasteiger partial charge in [-0.25, -0.2) is 0 Å². The zero-order chi connectivity index (χ0) is 13.0. The summed E-state index contributed by atoms with van der Waals surface area (Å²) in [7, 11) is 1.65. The fourth-order valence-corrected chi connectivity index (χ4v) is 2.19. The van der Waals surface area contributed by atoms with Crippen LogP contribution in [0.1, 0.15) is 0 Å². The summed E-state index contributed by atoms with van der Waals surface area (Å²) < 4.78 is 7.19. The van der Waals surface area contributed by atoms with E-state index in [-0.39, 0.29) is 0 Å². The van der Waals surface area contributed by atoms with Gasteiger partial charge in [0.05, 0.1) is 7.11 Å². The molecule has 0 bridgehead atoms. The second-order valence-electron chi connectivity index (χ2n) is 3.64. The highest BCUT2D eigenvalue weighted by atomic mass is 32.2. The Bertz CT molecular complexity index is 534. The Labute approximate surface area is 111 Å². The lowest BCUT2D eigenvalue weighted by Crippen LogP contribution is -2.00. The molecule has 0 radical (unpaired) electrons. The van der Waals surface area contributed by atoms with Crippen molar-refractivity contribution in [3.05, 3.63) is 36.9 Å². The summed E-state index contributed by atoms with van der Waals surface area (Å²) in [5.74, 6) is 1.68. The van der Waals surface area contributed by atoms with E-state index in [9.17, 15) is 0 Å². The van der Waals surface area contributed by atoms with Crippen LogP contribution in [0.5, 0.6) is 5.75 Å². The van der Waals surface area contributed by atoms with E-state index in [0.717, 1.165) is 22.3 Å². The highest BCUT2D eigenvalue weighted by Crippen LogP contribution is 2.24. The number of benzene rings is 1. The number of methoxy groups -OCH3 is 1. The van der Waals surface area contributed by atoms with E-state index in [1.54, 1.807) is 18.9 Å². The number of thioether (sulfide) groups is 1. The quantitative estimate of drug-likeness (QED) is 0.613. The molecule has 1 aromatic carbocycles. The van der Waals surface area contributed by atoms with Crippen LogP contribution in [-0.2, 0) is 6.54 Å². The van der Waals surface area contributed by atoms with Gasteiger partial charge in [-0.15, -0.1) is 16.8 Å². The number of allylic oxidation sites excluding steroid dienone is 1. The molecule has 0 saturated heterocycles. The van der Waals surface area contributed by atoms with Crippen LogP contribution >= 0.6 is 11.8 Å². The molecule has 0 atom stereocenters. The molecule has 0 spiro atoms. The van der Waals surface area contributed by atoms with Gasteiger partial charge >= 0.3 is 0 Å². The van der Waals surface area contributed by atoms with E-state index < -0.39 is 0 Å². The van der Waals surface area contributed by atoms with Crippen molar-refractivity contribution in [1.82, 2.24) is 14.8 Å². The zero-order valence-electron chi connectivity index (χ0n) is 10.5. The second-order valence-corrected chi connectivity index (χ2v) is 4.41. The average molecular weight is 261 g/mol. The first-order chi connectivity index (χ1) is 8.80. The first-order valence-electron chi connectivity index (χ1n) is 5.52. The molecule has 0 aliphatic carbocycles. The fraction of sp³-hybridized carbons (Fsp3) is 0.231. The summed E-state index contributed by atoms with van der Waals surface area (Å²) in [4.78, 5) is 0. The SMILES string of the molecule is C=CCn1c(SC)nnc1-c1ccc(OC)cc1. The van der Waals surface area contributed by atoms with Crippen LogP contribution in [0, 0.1) is 0 Å². The molecule has 0 aliphatic heterocycles. The maximum atomic E-state index is 5.15. The number of ether oxygens (including phenoxy) is 1. The summed E-state index contributed by atoms with van der Waals surface area (Å²) in [5.41, 5.74) is 1.02. The Morgan fingerprint density at radius 1 is 1.33 bits per heavy atom. The predicted octanol–water partition coefficient (Wildman–Crippen LogP) is 2.86. The summed E-state index contributed by atoms with van der Waals surface area (Å²) >= 11 is 1.58. The number of aromatic nitrogens is 3. The number of rotatable bonds is 5. The van der Waals surface area contributed by atoms with Gasteiger partial charge in [0.2, 0.25) is 0 Å². The molecule has 2 rings (SSSR count). The summed E-state index contributed by atoms with van der Waals surface area (Å²) in [5, 5.41) is 9.29. The van der Waals surface area contributed by atoms with Crippen molar-refractivity contribution in [2.75, 3.05) is 13.4 Å². The highest BCUT2D eigenvalue weighted by Gasteiger charge is 2.11. The topological polar surface area (TPSA) is 39.9 Å². The van der Waals surface area contributed by atoms with Crippen molar-refractivity contribution in [3.8, 4) is 17.1 Å². The van der Waals surface area contributed by atoms with Gasteiger partial charge in [0.1, 0.15) is 5.75 Å². The summed E-state index contributed by atoms with van der Waals surface area (Å²) in [6, 6.07) is 7.79. The Morgan fingerprint density at radius 2 is 2.06 bits per heavy atom. The van der Waals surface area contributed by atoms with Crippen molar-refractivity contribution in [2.24, 2.45) is 0 Å². The van der Waals surface area contributed by atoms with Crippen molar-refractivity contribution in [1.29, 1.82) is 0 Å². The van der Waals surface area contributed by atoms with Crippen molar-refractivity contribution in [3.63, 3.8) is 0 Å². The van der Waals surface area contributed by atoms with Crippen LogP contribution in [0.3, 0.4) is 0 Å². The minimum absolute atomic E-state index is 0.699. The minimum atomic E-state index is 0.699. The van der Waals surface area contributed by atoms with Gasteiger partial charge in [-0.3, -0.25) is 4.57 Å². The van der Waals surface area contributed by atoms with E-state index in [1.807, 2.05) is 41.2 Å². The molecule has 1 aromatic heterocycles. The van der Waals surface area contributed by atoms with Crippen molar-refractivity contribution < 1.29 is 4.74 Å². The second kappa shape index (κ2) is 5.73. The van der Waals surface area contributed by atoms with Gasteiger partial charge in [-0.05, 0) is 30.5 Å². The number of hydrogen-bond donors (Lipinski definition) is 0. The zero-order valence-corrected chi connectivity index (χ0v) is 11.3. The predicted molar refractivity (Wildman–Crippen MR) is 74.0 cm³/mol. The monoisotopic (exact) mass is 261 g/mol. The molecule has 0 aliphatic rings. The molecule has 0 saturated carbocycles. The summed E-state index contributed by atoms with van der Waals surface area (Å²) in [6.45, 7) is 4.47. The van der Waals surface area contributed by atoms with Gasteiger partial charge in [0, 0.05) is 12.1 Å². The Kier molecular flexibility index (Phi) is 4.04. The minimum Gasteiger partial charge on any atom is -0.497 e. The molecule has 0 fully saturated rings. The lowest BCUT2D eigenvalue weighted by molar-refractivity contribution is 0.415. The van der Waals surface area contributed by atoms with Crippen LogP contribution in [0.25, 0.3) is 11.4 Å². The lowest BCUT2D eigenvalue weighted by atomic mass is 10.2. The van der Waals surface area contributed by atoms with Crippen molar-refractivity contribution in [2.45, 2.75) is 11.7 Å². The molecule has 0 amide bonds. The van der Waals surface area contributed by atoms with Crippen LogP contribution in [-0.4, -0.2) is 28.1 Å². The third-order valence-corrected chi connectivity index (χ3v) is 3.23. The van der Waals surface area contributed by atoms with Gasteiger partial charge in [0.25, 0.3) is 0 Å². The smallest absolute Gasteiger partial charge is 0.191 e. The maximum Gasteiger partial charge on any atom is 0.191 e. The van der Waals surface area contributed by atoms with Gasteiger partial charge in [-0.2, -0.15) is 0 Å². The van der Waals surface area contributed by atoms with Gasteiger partial charge in [0.15, 0.2) is 11.0 Å². The van der Waals surface area contributed by atoms with E-state index in [1.165, 1.54) is 0 Å². The number of nitrogens with zero attached hydrogens (tertiary/aromatic N) is 3. The molecule has 18 heavy (non-hydrogen) atoms. The molecule has 5 heteroatoms. The highest BCUT2D eigenvalue weighted by molar-refractivity contribution is 7.98. The fourth-order valence-electron chi connectivity index (χ4n) is 1.69. The normalized spacial score (nSPS) is 10.3. The number of hydrogen-bond acceptors (Lipinski definition) is 4.